The SMILES string of the molecule is CCC(C)NC(=O)CCNC(=NC)N(C)Cc1ccc(C)cc1. The molecule has 1 amide bonds. The average molecular weight is 318 g/mol. The van der Waals surface area contributed by atoms with Gasteiger partial charge in [-0.3, -0.25) is 9.79 Å². The quantitative estimate of drug-likeness (QED) is 0.599. The minimum Gasteiger partial charge on any atom is -0.356 e. The van der Waals surface area contributed by atoms with Gasteiger partial charge in [-0.1, -0.05) is 36.8 Å². The maximum Gasteiger partial charge on any atom is 0.221 e. The third kappa shape index (κ3) is 7.17. The molecule has 1 aromatic rings. The summed E-state index contributed by atoms with van der Waals surface area (Å²) < 4.78 is 0. The Bertz CT molecular complexity index is 510. The normalized spacial score (nSPS) is 12.7. The fourth-order valence-corrected chi connectivity index (χ4v) is 2.16. The zero-order valence-corrected chi connectivity index (χ0v) is 15.0. The first-order valence-corrected chi connectivity index (χ1v) is 8.23. The van der Waals surface area contributed by atoms with Gasteiger partial charge >= 0.3 is 0 Å². The summed E-state index contributed by atoms with van der Waals surface area (Å²) in [5.41, 5.74) is 2.49. The van der Waals surface area contributed by atoms with Gasteiger partial charge in [-0.05, 0) is 25.8 Å². The van der Waals surface area contributed by atoms with E-state index in [4.69, 9.17) is 0 Å². The molecule has 1 unspecified atom stereocenters. The molecule has 0 radical (unpaired) electrons. The molecular formula is C18H30N4O. The monoisotopic (exact) mass is 318 g/mol. The molecule has 5 heteroatoms. The van der Waals surface area contributed by atoms with Crippen molar-refractivity contribution >= 4 is 11.9 Å². The van der Waals surface area contributed by atoms with Crippen LogP contribution in [0.25, 0.3) is 0 Å². The van der Waals surface area contributed by atoms with Gasteiger partial charge in [0.2, 0.25) is 5.91 Å². The van der Waals surface area contributed by atoms with Crippen LogP contribution in [0.15, 0.2) is 29.3 Å². The Balaban J connectivity index is 2.41. The minimum atomic E-state index is 0.0727. The van der Waals surface area contributed by atoms with E-state index >= 15 is 0 Å². The standard InChI is InChI=1S/C18H30N4O/c1-6-15(3)21-17(23)11-12-20-18(19-4)22(5)13-16-9-7-14(2)8-10-16/h7-10,15H,6,11-13H2,1-5H3,(H,19,20)(H,21,23). The van der Waals surface area contributed by atoms with Crippen LogP contribution in [-0.2, 0) is 11.3 Å². The highest BCUT2D eigenvalue weighted by molar-refractivity contribution is 5.81. The number of nitrogens with zero attached hydrogens (tertiary/aromatic N) is 2. The number of benzene rings is 1. The van der Waals surface area contributed by atoms with Gasteiger partial charge in [0.25, 0.3) is 0 Å². The summed E-state index contributed by atoms with van der Waals surface area (Å²) in [7, 11) is 3.75. The van der Waals surface area contributed by atoms with E-state index in [2.05, 4.69) is 58.6 Å². The van der Waals surface area contributed by atoms with Crippen molar-refractivity contribution in [2.45, 2.75) is 46.2 Å². The second-order valence-corrected chi connectivity index (χ2v) is 5.94. The molecule has 0 aliphatic rings. The van der Waals surface area contributed by atoms with E-state index in [0.29, 0.717) is 13.0 Å². The molecule has 1 atom stereocenters. The van der Waals surface area contributed by atoms with Crippen molar-refractivity contribution in [3.8, 4) is 0 Å². The maximum atomic E-state index is 11.8. The van der Waals surface area contributed by atoms with Crippen molar-refractivity contribution in [2.75, 3.05) is 20.6 Å². The lowest BCUT2D eigenvalue weighted by Gasteiger charge is -2.22. The molecule has 0 bridgehead atoms. The predicted octanol–water partition coefficient (Wildman–Crippen LogP) is 2.31. The highest BCUT2D eigenvalue weighted by Gasteiger charge is 2.09. The second-order valence-electron chi connectivity index (χ2n) is 5.94. The molecule has 0 spiro atoms. The maximum absolute atomic E-state index is 11.8. The van der Waals surface area contributed by atoms with Gasteiger partial charge in [0.05, 0.1) is 0 Å². The van der Waals surface area contributed by atoms with Crippen LogP contribution in [0.5, 0.6) is 0 Å². The number of amides is 1. The first-order valence-electron chi connectivity index (χ1n) is 8.23. The summed E-state index contributed by atoms with van der Waals surface area (Å²) in [5.74, 6) is 0.866. The van der Waals surface area contributed by atoms with E-state index in [9.17, 15) is 4.79 Å². The highest BCUT2D eigenvalue weighted by atomic mass is 16.1. The highest BCUT2D eigenvalue weighted by Crippen LogP contribution is 2.06. The van der Waals surface area contributed by atoms with Crippen molar-refractivity contribution in [3.63, 3.8) is 0 Å². The molecule has 128 valence electrons. The van der Waals surface area contributed by atoms with Gasteiger partial charge in [0, 0.05) is 39.6 Å². The van der Waals surface area contributed by atoms with E-state index in [-0.39, 0.29) is 11.9 Å². The smallest absolute Gasteiger partial charge is 0.221 e. The van der Waals surface area contributed by atoms with Crippen LogP contribution in [0.4, 0.5) is 0 Å². The molecule has 23 heavy (non-hydrogen) atoms. The Hall–Kier alpha value is -2.04. The molecule has 0 aliphatic carbocycles. The van der Waals surface area contributed by atoms with Crippen molar-refractivity contribution in [2.24, 2.45) is 4.99 Å². The fraction of sp³-hybridized carbons (Fsp3) is 0.556. The van der Waals surface area contributed by atoms with Gasteiger partial charge < -0.3 is 15.5 Å². The lowest BCUT2D eigenvalue weighted by Crippen LogP contribution is -2.41. The topological polar surface area (TPSA) is 56.7 Å². The van der Waals surface area contributed by atoms with E-state index in [1.807, 2.05) is 14.0 Å². The Morgan fingerprint density at radius 2 is 1.96 bits per heavy atom. The molecule has 2 N–H and O–H groups in total. The molecule has 0 fully saturated rings. The molecule has 5 nitrogen and oxygen atoms in total. The summed E-state index contributed by atoms with van der Waals surface area (Å²) >= 11 is 0. The van der Waals surface area contributed by atoms with E-state index < -0.39 is 0 Å². The summed E-state index contributed by atoms with van der Waals surface area (Å²) in [6.07, 6.45) is 1.39. The van der Waals surface area contributed by atoms with Crippen LogP contribution in [0.2, 0.25) is 0 Å². The van der Waals surface area contributed by atoms with Gasteiger partial charge in [-0.25, -0.2) is 0 Å². The minimum absolute atomic E-state index is 0.0727. The number of aliphatic imine (C=N–C) groups is 1. The molecule has 0 aromatic heterocycles. The lowest BCUT2D eigenvalue weighted by atomic mass is 10.1. The molecule has 0 saturated carbocycles. The Kier molecular flexibility index (Phi) is 8.16. The van der Waals surface area contributed by atoms with Crippen molar-refractivity contribution < 1.29 is 4.79 Å². The number of carbonyl (C=O) groups is 1. The Morgan fingerprint density at radius 3 is 2.52 bits per heavy atom. The van der Waals surface area contributed by atoms with Crippen LogP contribution in [0.3, 0.4) is 0 Å². The molecule has 0 heterocycles. The van der Waals surface area contributed by atoms with Crippen LogP contribution in [0, 0.1) is 6.92 Å². The first-order chi connectivity index (χ1) is 11.0. The van der Waals surface area contributed by atoms with Gasteiger partial charge in [0.1, 0.15) is 0 Å². The van der Waals surface area contributed by atoms with E-state index in [1.54, 1.807) is 7.05 Å². The lowest BCUT2D eigenvalue weighted by molar-refractivity contribution is -0.121. The van der Waals surface area contributed by atoms with E-state index in [0.717, 1.165) is 18.9 Å². The zero-order chi connectivity index (χ0) is 17.2. The van der Waals surface area contributed by atoms with Crippen LogP contribution >= 0.6 is 0 Å². The van der Waals surface area contributed by atoms with Crippen molar-refractivity contribution in [3.05, 3.63) is 35.4 Å². The van der Waals surface area contributed by atoms with Gasteiger partial charge in [-0.2, -0.15) is 0 Å². The fourth-order valence-electron chi connectivity index (χ4n) is 2.16. The predicted molar refractivity (Wildman–Crippen MR) is 96.5 cm³/mol. The second kappa shape index (κ2) is 9.87. The van der Waals surface area contributed by atoms with Crippen molar-refractivity contribution in [1.29, 1.82) is 0 Å². The molecule has 1 aromatic carbocycles. The Morgan fingerprint density at radius 1 is 1.30 bits per heavy atom. The molecule has 1 rings (SSSR count). The number of guanidine groups is 1. The molecule has 0 aliphatic heterocycles. The third-order valence-electron chi connectivity index (χ3n) is 3.77. The third-order valence-corrected chi connectivity index (χ3v) is 3.77. The summed E-state index contributed by atoms with van der Waals surface area (Å²) in [6, 6.07) is 8.69. The van der Waals surface area contributed by atoms with Gasteiger partial charge in [-0.15, -0.1) is 0 Å². The number of rotatable bonds is 7. The summed E-state index contributed by atoms with van der Waals surface area (Å²) in [6.45, 7) is 7.51. The number of carbonyl (C=O) groups excluding carboxylic acids is 1. The number of nitrogens with one attached hydrogen (secondary N) is 2. The Labute approximate surface area is 140 Å². The van der Waals surface area contributed by atoms with E-state index in [1.165, 1.54) is 11.1 Å². The number of aryl methyl sites for hydroxylation is 1. The van der Waals surface area contributed by atoms with Crippen LogP contribution < -0.4 is 10.6 Å². The number of hydrogen-bond acceptors (Lipinski definition) is 2. The summed E-state index contributed by atoms with van der Waals surface area (Å²) in [4.78, 5) is 18.1. The van der Waals surface area contributed by atoms with Crippen LogP contribution in [-0.4, -0.2) is 43.4 Å². The van der Waals surface area contributed by atoms with Gasteiger partial charge in [0.15, 0.2) is 5.96 Å². The van der Waals surface area contributed by atoms with Crippen molar-refractivity contribution in [1.82, 2.24) is 15.5 Å². The van der Waals surface area contributed by atoms with Crippen LogP contribution in [0.1, 0.15) is 37.8 Å². The average Bonchev–Trinajstić information content (AvgIpc) is 2.53. The zero-order valence-electron chi connectivity index (χ0n) is 15.0. The largest absolute Gasteiger partial charge is 0.356 e. The summed E-state index contributed by atoms with van der Waals surface area (Å²) in [5, 5.41) is 6.20. The molecular weight excluding hydrogens is 288 g/mol. The molecule has 0 saturated heterocycles. The first kappa shape index (κ1) is 19.0. The number of hydrogen-bond donors (Lipinski definition) is 2.